The van der Waals surface area contributed by atoms with Gasteiger partial charge in [0.1, 0.15) is 0 Å². The molecule has 124 valence electrons. The maximum atomic E-state index is 5.88. The second-order valence-corrected chi connectivity index (χ2v) is 6.41. The average molecular weight is 371 g/mol. The van der Waals surface area contributed by atoms with E-state index in [-0.39, 0.29) is 0 Å². The van der Waals surface area contributed by atoms with E-state index in [1.54, 1.807) is 12.1 Å². The summed E-state index contributed by atoms with van der Waals surface area (Å²) in [5.74, 6) is 1.92. The minimum Gasteiger partial charge on any atom is -0.411 e. The lowest BCUT2D eigenvalue weighted by molar-refractivity contribution is 0.391. The number of aromatic nitrogens is 4. The first kappa shape index (κ1) is 15.9. The van der Waals surface area contributed by atoms with E-state index < -0.39 is 0 Å². The molecule has 0 aliphatic heterocycles. The van der Waals surface area contributed by atoms with Crippen LogP contribution >= 0.6 is 23.4 Å². The molecule has 25 heavy (non-hydrogen) atoms. The summed E-state index contributed by atoms with van der Waals surface area (Å²) >= 11 is 7.22. The van der Waals surface area contributed by atoms with Crippen LogP contribution in [0.2, 0.25) is 5.02 Å². The van der Waals surface area contributed by atoms with E-state index in [4.69, 9.17) is 20.5 Å². The van der Waals surface area contributed by atoms with E-state index in [1.807, 2.05) is 42.5 Å². The summed E-state index contributed by atoms with van der Waals surface area (Å²) in [5.41, 5.74) is 1.72. The summed E-state index contributed by atoms with van der Waals surface area (Å²) in [7, 11) is 0. The molecule has 0 bridgehead atoms. The summed E-state index contributed by atoms with van der Waals surface area (Å²) in [6.45, 7) is 0. The molecule has 4 aromatic rings. The Bertz CT molecular complexity index is 970. The fourth-order valence-corrected chi connectivity index (χ4v) is 2.85. The fourth-order valence-electron chi connectivity index (χ4n) is 2.12. The topological polar surface area (TPSA) is 77.8 Å². The highest BCUT2D eigenvalue weighted by Gasteiger charge is 2.13. The van der Waals surface area contributed by atoms with Gasteiger partial charge in [0, 0.05) is 16.1 Å². The van der Waals surface area contributed by atoms with Gasteiger partial charge in [-0.2, -0.15) is 4.98 Å². The van der Waals surface area contributed by atoms with Crippen LogP contribution in [0.3, 0.4) is 0 Å². The van der Waals surface area contributed by atoms with Gasteiger partial charge in [-0.1, -0.05) is 46.7 Å². The largest absolute Gasteiger partial charge is 0.411 e. The van der Waals surface area contributed by atoms with E-state index in [9.17, 15) is 0 Å². The standard InChI is InChI=1S/C17H11ClN4O2S/c18-13-8-6-11(7-9-13)15-19-14(24-22-15)10-25-17-21-20-16(23-17)12-4-2-1-3-5-12/h1-9H,10H2. The third kappa shape index (κ3) is 3.72. The summed E-state index contributed by atoms with van der Waals surface area (Å²) in [6, 6.07) is 16.9. The van der Waals surface area contributed by atoms with Crippen LogP contribution in [-0.2, 0) is 5.75 Å². The van der Waals surface area contributed by atoms with Gasteiger partial charge in [0.2, 0.25) is 17.6 Å². The van der Waals surface area contributed by atoms with Crippen LogP contribution in [0.15, 0.2) is 68.8 Å². The van der Waals surface area contributed by atoms with Crippen molar-refractivity contribution in [2.24, 2.45) is 0 Å². The smallest absolute Gasteiger partial charge is 0.277 e. The van der Waals surface area contributed by atoms with E-state index in [0.717, 1.165) is 11.1 Å². The van der Waals surface area contributed by atoms with Crippen molar-refractivity contribution in [3.05, 3.63) is 65.5 Å². The Morgan fingerprint density at radius 3 is 2.52 bits per heavy atom. The number of halogens is 1. The highest BCUT2D eigenvalue weighted by atomic mass is 35.5. The van der Waals surface area contributed by atoms with E-state index in [2.05, 4.69) is 20.3 Å². The first-order valence-electron chi connectivity index (χ1n) is 7.38. The number of thioether (sulfide) groups is 1. The molecule has 0 fully saturated rings. The maximum Gasteiger partial charge on any atom is 0.277 e. The molecule has 0 N–H and O–H groups in total. The zero-order valence-corrected chi connectivity index (χ0v) is 14.4. The molecule has 0 aliphatic rings. The Morgan fingerprint density at radius 2 is 1.72 bits per heavy atom. The molecular formula is C17H11ClN4O2S. The highest BCUT2D eigenvalue weighted by Crippen LogP contribution is 2.26. The molecular weight excluding hydrogens is 360 g/mol. The predicted octanol–water partition coefficient (Wildman–Crippen LogP) is 4.73. The maximum absolute atomic E-state index is 5.88. The van der Waals surface area contributed by atoms with Crippen LogP contribution in [0.25, 0.3) is 22.8 Å². The van der Waals surface area contributed by atoms with E-state index >= 15 is 0 Å². The number of hydrogen-bond acceptors (Lipinski definition) is 7. The SMILES string of the molecule is Clc1ccc(-c2noc(CSc3nnc(-c4ccccc4)o3)n2)cc1. The number of benzene rings is 2. The lowest BCUT2D eigenvalue weighted by atomic mass is 10.2. The second kappa shape index (κ2) is 7.08. The molecule has 4 rings (SSSR count). The quantitative estimate of drug-likeness (QED) is 0.470. The molecule has 2 aromatic carbocycles. The second-order valence-electron chi connectivity index (χ2n) is 5.05. The number of nitrogens with zero attached hydrogens (tertiary/aromatic N) is 4. The Balaban J connectivity index is 1.42. The molecule has 0 unspecified atom stereocenters. The van der Waals surface area contributed by atoms with Crippen LogP contribution in [0.5, 0.6) is 0 Å². The first-order valence-corrected chi connectivity index (χ1v) is 8.74. The van der Waals surface area contributed by atoms with Crippen molar-refractivity contribution in [1.29, 1.82) is 0 Å². The molecule has 0 saturated heterocycles. The third-order valence-corrected chi connectivity index (χ3v) is 4.37. The number of rotatable bonds is 5. The van der Waals surface area contributed by atoms with E-state index in [0.29, 0.717) is 33.6 Å². The van der Waals surface area contributed by atoms with Gasteiger partial charge in [0.25, 0.3) is 5.22 Å². The van der Waals surface area contributed by atoms with Gasteiger partial charge in [-0.15, -0.1) is 10.2 Å². The van der Waals surface area contributed by atoms with Crippen LogP contribution in [0.4, 0.5) is 0 Å². The predicted molar refractivity (Wildman–Crippen MR) is 94.0 cm³/mol. The van der Waals surface area contributed by atoms with Crippen LogP contribution < -0.4 is 0 Å². The molecule has 0 aliphatic carbocycles. The molecule has 6 nitrogen and oxygen atoms in total. The lowest BCUT2D eigenvalue weighted by Crippen LogP contribution is -1.83. The summed E-state index contributed by atoms with van der Waals surface area (Å²) in [4.78, 5) is 4.36. The van der Waals surface area contributed by atoms with Crippen molar-refractivity contribution in [3.63, 3.8) is 0 Å². The zero-order valence-electron chi connectivity index (χ0n) is 12.8. The van der Waals surface area contributed by atoms with Gasteiger partial charge in [-0.3, -0.25) is 0 Å². The molecule has 2 heterocycles. The Kier molecular flexibility index (Phi) is 4.49. The third-order valence-electron chi connectivity index (χ3n) is 3.32. The van der Waals surface area contributed by atoms with Gasteiger partial charge in [-0.05, 0) is 36.4 Å². The monoisotopic (exact) mass is 370 g/mol. The molecule has 0 radical (unpaired) electrons. The van der Waals surface area contributed by atoms with Crippen LogP contribution in [-0.4, -0.2) is 20.3 Å². The van der Waals surface area contributed by atoms with Gasteiger partial charge in [0.05, 0.1) is 5.75 Å². The average Bonchev–Trinajstić information content (AvgIpc) is 3.31. The van der Waals surface area contributed by atoms with Crippen molar-refractivity contribution in [1.82, 2.24) is 20.3 Å². The number of hydrogen-bond donors (Lipinski definition) is 0. The first-order chi connectivity index (χ1) is 12.3. The Hall–Kier alpha value is -2.64. The highest BCUT2D eigenvalue weighted by molar-refractivity contribution is 7.98. The lowest BCUT2D eigenvalue weighted by Gasteiger charge is -1.93. The molecule has 0 spiro atoms. The fraction of sp³-hybridized carbons (Fsp3) is 0.0588. The Morgan fingerprint density at radius 1 is 0.920 bits per heavy atom. The minimum absolute atomic E-state index is 0.441. The molecule has 2 aromatic heterocycles. The van der Waals surface area contributed by atoms with Crippen molar-refractivity contribution < 1.29 is 8.94 Å². The van der Waals surface area contributed by atoms with Gasteiger partial charge in [-0.25, -0.2) is 0 Å². The van der Waals surface area contributed by atoms with Crippen molar-refractivity contribution >= 4 is 23.4 Å². The molecule has 0 saturated carbocycles. The normalized spacial score (nSPS) is 10.9. The summed E-state index contributed by atoms with van der Waals surface area (Å²) in [5, 5.41) is 13.1. The molecule has 0 amide bonds. The Labute approximate surface area is 152 Å². The molecule has 0 atom stereocenters. The van der Waals surface area contributed by atoms with Gasteiger partial charge < -0.3 is 8.94 Å². The van der Waals surface area contributed by atoms with Crippen molar-refractivity contribution in [3.8, 4) is 22.8 Å². The molecule has 8 heteroatoms. The summed E-state index contributed by atoms with van der Waals surface area (Å²) in [6.07, 6.45) is 0. The summed E-state index contributed by atoms with van der Waals surface area (Å²) < 4.78 is 10.9. The van der Waals surface area contributed by atoms with Gasteiger partial charge >= 0.3 is 0 Å². The zero-order chi connectivity index (χ0) is 17.1. The minimum atomic E-state index is 0.441. The van der Waals surface area contributed by atoms with Crippen LogP contribution in [0.1, 0.15) is 5.89 Å². The van der Waals surface area contributed by atoms with Gasteiger partial charge in [0.15, 0.2) is 0 Å². The van der Waals surface area contributed by atoms with Crippen molar-refractivity contribution in [2.45, 2.75) is 11.0 Å². The van der Waals surface area contributed by atoms with E-state index in [1.165, 1.54) is 11.8 Å². The van der Waals surface area contributed by atoms with Crippen LogP contribution in [0, 0.1) is 0 Å². The van der Waals surface area contributed by atoms with Crippen molar-refractivity contribution in [2.75, 3.05) is 0 Å².